The summed E-state index contributed by atoms with van der Waals surface area (Å²) in [4.78, 5) is 22.3. The number of rotatable bonds is 3. The summed E-state index contributed by atoms with van der Waals surface area (Å²) in [5.74, 6) is -0.255. The van der Waals surface area contributed by atoms with Gasteiger partial charge in [-0.15, -0.1) is 0 Å². The molecular weight excluding hydrogens is 292 g/mol. The lowest BCUT2D eigenvalue weighted by Crippen LogP contribution is -2.27. The molecule has 0 saturated heterocycles. The summed E-state index contributed by atoms with van der Waals surface area (Å²) in [5.41, 5.74) is -0.253. The van der Waals surface area contributed by atoms with Crippen LogP contribution in [0.1, 0.15) is 76.2 Å². The van der Waals surface area contributed by atoms with Gasteiger partial charge in [0, 0.05) is 0 Å². The van der Waals surface area contributed by atoms with E-state index >= 15 is 0 Å². The Morgan fingerprint density at radius 1 is 0.739 bits per heavy atom. The van der Waals surface area contributed by atoms with Crippen molar-refractivity contribution < 1.29 is 19.1 Å². The molecule has 0 aromatic carbocycles. The second kappa shape index (κ2) is 9.29. The monoisotopic (exact) mass is 330 g/mol. The Kier molecular flexibility index (Phi) is 9.77. The molecular formula is C19H38O4. The molecule has 23 heavy (non-hydrogen) atoms. The van der Waals surface area contributed by atoms with Gasteiger partial charge in [-0.3, -0.25) is 9.59 Å². The summed E-state index contributed by atoms with van der Waals surface area (Å²) in [7, 11) is 0. The van der Waals surface area contributed by atoms with Crippen molar-refractivity contribution in [1.29, 1.82) is 0 Å². The van der Waals surface area contributed by atoms with Gasteiger partial charge in [-0.05, 0) is 31.6 Å². The highest BCUT2D eigenvalue weighted by Gasteiger charge is 2.24. The Hall–Kier alpha value is -1.06. The van der Waals surface area contributed by atoms with Crippen LogP contribution in [0, 0.1) is 22.2 Å². The third-order valence-corrected chi connectivity index (χ3v) is 2.37. The van der Waals surface area contributed by atoms with Crippen LogP contribution in [0.5, 0.6) is 0 Å². The van der Waals surface area contributed by atoms with Gasteiger partial charge in [-0.2, -0.15) is 0 Å². The van der Waals surface area contributed by atoms with E-state index in [1.807, 2.05) is 76.2 Å². The number of hydrogen-bond acceptors (Lipinski definition) is 4. The van der Waals surface area contributed by atoms with E-state index in [1.165, 1.54) is 0 Å². The molecule has 0 rings (SSSR count). The standard InChI is InChI=1S/C10H20O2.C9H18O2/c1-9(2,3)7-12-8(11)10(4,5)6;1-7(2)8(10)11-6-9(3,4)5/h7H2,1-6H3;7H,6H2,1-5H3. The van der Waals surface area contributed by atoms with Crippen LogP contribution in [-0.4, -0.2) is 25.2 Å². The van der Waals surface area contributed by atoms with Gasteiger partial charge >= 0.3 is 11.9 Å². The number of esters is 2. The zero-order chi connectivity index (χ0) is 19.1. The largest absolute Gasteiger partial charge is 0.465 e. The van der Waals surface area contributed by atoms with E-state index < -0.39 is 0 Å². The first kappa shape index (κ1) is 24.2. The molecule has 138 valence electrons. The molecule has 0 aliphatic carbocycles. The minimum Gasteiger partial charge on any atom is -0.465 e. The molecule has 0 N–H and O–H groups in total. The highest BCUT2D eigenvalue weighted by Crippen LogP contribution is 2.19. The van der Waals surface area contributed by atoms with Crippen molar-refractivity contribution in [3.63, 3.8) is 0 Å². The molecule has 0 aliphatic rings. The number of carbonyl (C=O) groups excluding carboxylic acids is 2. The van der Waals surface area contributed by atoms with E-state index in [-0.39, 0.29) is 34.1 Å². The summed E-state index contributed by atoms with van der Waals surface area (Å²) < 4.78 is 10.2. The van der Waals surface area contributed by atoms with Crippen LogP contribution < -0.4 is 0 Å². The molecule has 4 heteroatoms. The molecule has 0 fully saturated rings. The van der Waals surface area contributed by atoms with E-state index in [0.29, 0.717) is 13.2 Å². The summed E-state index contributed by atoms with van der Waals surface area (Å²) in [5, 5.41) is 0. The van der Waals surface area contributed by atoms with Gasteiger partial charge in [0.15, 0.2) is 0 Å². The summed E-state index contributed by atoms with van der Waals surface area (Å²) >= 11 is 0. The Morgan fingerprint density at radius 3 is 1.35 bits per heavy atom. The number of ether oxygens (including phenoxy) is 2. The maximum Gasteiger partial charge on any atom is 0.311 e. The smallest absolute Gasteiger partial charge is 0.311 e. The zero-order valence-electron chi connectivity index (χ0n) is 17.1. The molecule has 0 aromatic heterocycles. The molecule has 0 spiro atoms. The zero-order valence-corrected chi connectivity index (χ0v) is 17.1. The van der Waals surface area contributed by atoms with Crippen molar-refractivity contribution in [2.45, 2.75) is 76.2 Å². The number of carbonyl (C=O) groups is 2. The van der Waals surface area contributed by atoms with E-state index in [9.17, 15) is 9.59 Å². The summed E-state index contributed by atoms with van der Waals surface area (Å²) in [6.07, 6.45) is 0. The number of hydrogen-bond donors (Lipinski definition) is 0. The molecule has 0 aromatic rings. The Balaban J connectivity index is 0. The third kappa shape index (κ3) is 17.1. The van der Waals surface area contributed by atoms with Crippen molar-refractivity contribution in [1.82, 2.24) is 0 Å². The van der Waals surface area contributed by atoms with Gasteiger partial charge in [0.05, 0.1) is 24.5 Å². The summed E-state index contributed by atoms with van der Waals surface area (Å²) in [6.45, 7) is 22.5. The SMILES string of the molecule is CC(C)(C)COC(=O)C(C)(C)C.CC(C)C(=O)OCC(C)(C)C. The lowest BCUT2D eigenvalue weighted by molar-refractivity contribution is -0.155. The van der Waals surface area contributed by atoms with Gasteiger partial charge < -0.3 is 9.47 Å². The Labute approximate surface area is 143 Å². The second-order valence-electron chi connectivity index (χ2n) is 9.71. The van der Waals surface area contributed by atoms with Crippen molar-refractivity contribution >= 4 is 11.9 Å². The van der Waals surface area contributed by atoms with Gasteiger partial charge in [0.25, 0.3) is 0 Å². The maximum atomic E-state index is 11.3. The maximum absolute atomic E-state index is 11.3. The fourth-order valence-corrected chi connectivity index (χ4v) is 0.953. The fraction of sp³-hybridized carbons (Fsp3) is 0.895. The lowest BCUT2D eigenvalue weighted by atomic mass is 9.96. The van der Waals surface area contributed by atoms with E-state index in [1.54, 1.807) is 0 Å². The normalized spacial score (nSPS) is 12.3. The Bertz CT molecular complexity index is 362. The van der Waals surface area contributed by atoms with Crippen LogP contribution in [-0.2, 0) is 19.1 Å². The molecule has 0 radical (unpaired) electrons. The van der Waals surface area contributed by atoms with Crippen LogP contribution in [0.25, 0.3) is 0 Å². The van der Waals surface area contributed by atoms with Crippen LogP contribution in [0.3, 0.4) is 0 Å². The van der Waals surface area contributed by atoms with Crippen molar-refractivity contribution in [3.8, 4) is 0 Å². The molecule has 0 atom stereocenters. The van der Waals surface area contributed by atoms with Crippen molar-refractivity contribution in [3.05, 3.63) is 0 Å². The van der Waals surface area contributed by atoms with E-state index in [0.717, 1.165) is 0 Å². The van der Waals surface area contributed by atoms with Gasteiger partial charge in [-0.25, -0.2) is 0 Å². The van der Waals surface area contributed by atoms with Crippen molar-refractivity contribution in [2.75, 3.05) is 13.2 Å². The molecule has 0 aliphatic heterocycles. The average Bonchev–Trinajstić information content (AvgIpc) is 2.30. The first-order valence-electron chi connectivity index (χ1n) is 8.29. The highest BCUT2D eigenvalue weighted by atomic mass is 16.5. The van der Waals surface area contributed by atoms with Gasteiger partial charge in [-0.1, -0.05) is 55.4 Å². The Morgan fingerprint density at radius 2 is 1.09 bits per heavy atom. The predicted octanol–water partition coefficient (Wildman–Crippen LogP) is 4.85. The topological polar surface area (TPSA) is 52.6 Å². The predicted molar refractivity (Wildman–Crippen MR) is 95.1 cm³/mol. The lowest BCUT2D eigenvalue weighted by Gasteiger charge is -2.22. The molecule has 0 unspecified atom stereocenters. The van der Waals surface area contributed by atoms with E-state index in [2.05, 4.69) is 0 Å². The highest BCUT2D eigenvalue weighted by molar-refractivity contribution is 5.75. The summed E-state index contributed by atoms with van der Waals surface area (Å²) in [6, 6.07) is 0. The minimum atomic E-state index is -0.384. The first-order chi connectivity index (χ1) is 9.96. The second-order valence-corrected chi connectivity index (χ2v) is 9.71. The van der Waals surface area contributed by atoms with Crippen LogP contribution in [0.2, 0.25) is 0 Å². The molecule has 4 nitrogen and oxygen atoms in total. The molecule has 0 heterocycles. The van der Waals surface area contributed by atoms with Crippen LogP contribution in [0.4, 0.5) is 0 Å². The van der Waals surface area contributed by atoms with E-state index in [4.69, 9.17) is 9.47 Å². The van der Waals surface area contributed by atoms with Crippen LogP contribution in [0.15, 0.2) is 0 Å². The molecule has 0 saturated carbocycles. The molecule has 0 bridgehead atoms. The quantitative estimate of drug-likeness (QED) is 0.694. The fourth-order valence-electron chi connectivity index (χ4n) is 0.953. The molecule has 0 amide bonds. The average molecular weight is 331 g/mol. The minimum absolute atomic E-state index is 0.0163. The van der Waals surface area contributed by atoms with Crippen LogP contribution >= 0.6 is 0 Å². The first-order valence-corrected chi connectivity index (χ1v) is 8.29. The van der Waals surface area contributed by atoms with Gasteiger partial charge in [0.1, 0.15) is 0 Å². The van der Waals surface area contributed by atoms with Crippen molar-refractivity contribution in [2.24, 2.45) is 22.2 Å². The third-order valence-electron chi connectivity index (χ3n) is 2.37. The van der Waals surface area contributed by atoms with Gasteiger partial charge in [0.2, 0.25) is 0 Å².